The average molecular weight is 295 g/mol. The van der Waals surface area contributed by atoms with E-state index in [0.29, 0.717) is 19.3 Å². The molecule has 19 heavy (non-hydrogen) atoms. The molecule has 2 aliphatic rings. The number of hydrogen-bond acceptors (Lipinski definition) is 2. The topological polar surface area (TPSA) is 12.0 Å². The Labute approximate surface area is 118 Å². The van der Waals surface area contributed by atoms with E-state index >= 15 is 0 Å². The van der Waals surface area contributed by atoms with E-state index in [4.69, 9.17) is 0 Å². The van der Waals surface area contributed by atoms with Crippen LogP contribution in [0.4, 0.5) is 13.2 Å². The molecule has 0 aromatic rings. The minimum absolute atomic E-state index is 0.238. The molecule has 0 aromatic heterocycles. The second-order valence-corrected chi connectivity index (χ2v) is 7.82. The van der Waals surface area contributed by atoms with Gasteiger partial charge in [0, 0.05) is 17.8 Å². The zero-order chi connectivity index (χ0) is 14.1. The first kappa shape index (κ1) is 15.5. The van der Waals surface area contributed by atoms with Gasteiger partial charge in [-0.25, -0.2) is 0 Å². The van der Waals surface area contributed by atoms with Crippen molar-refractivity contribution in [3.63, 3.8) is 0 Å². The van der Waals surface area contributed by atoms with Crippen LogP contribution in [0.5, 0.6) is 0 Å². The van der Waals surface area contributed by atoms with Crippen LogP contribution in [0, 0.1) is 11.3 Å². The first-order valence-corrected chi connectivity index (χ1v) is 8.34. The van der Waals surface area contributed by atoms with Gasteiger partial charge in [-0.05, 0) is 30.4 Å². The smallest absolute Gasteiger partial charge is 0.310 e. The Hall–Kier alpha value is 0.100. The normalized spacial score (nSPS) is 36.2. The van der Waals surface area contributed by atoms with Crippen molar-refractivity contribution in [1.82, 2.24) is 5.32 Å². The first-order valence-electron chi connectivity index (χ1n) is 7.18. The molecule has 1 aliphatic carbocycles. The molecule has 0 bridgehead atoms. The lowest BCUT2D eigenvalue weighted by Crippen LogP contribution is -2.52. The van der Waals surface area contributed by atoms with Crippen molar-refractivity contribution in [3.8, 4) is 0 Å². The van der Waals surface area contributed by atoms with Crippen molar-refractivity contribution < 1.29 is 13.2 Å². The summed E-state index contributed by atoms with van der Waals surface area (Å²) >= 11 is 1.86. The van der Waals surface area contributed by atoms with Crippen molar-refractivity contribution in [2.45, 2.75) is 64.2 Å². The highest BCUT2D eigenvalue weighted by molar-refractivity contribution is 7.99. The molecule has 1 saturated heterocycles. The lowest BCUT2D eigenvalue weighted by molar-refractivity contribution is -0.189. The van der Waals surface area contributed by atoms with Gasteiger partial charge in [-0.3, -0.25) is 0 Å². The van der Waals surface area contributed by atoms with Gasteiger partial charge >= 0.3 is 6.18 Å². The molecule has 1 saturated carbocycles. The van der Waals surface area contributed by atoms with Crippen LogP contribution < -0.4 is 5.32 Å². The van der Waals surface area contributed by atoms with Gasteiger partial charge in [0.1, 0.15) is 0 Å². The van der Waals surface area contributed by atoms with E-state index in [1.165, 1.54) is 0 Å². The van der Waals surface area contributed by atoms with Gasteiger partial charge in [0.05, 0.1) is 5.92 Å². The highest BCUT2D eigenvalue weighted by Gasteiger charge is 2.46. The fourth-order valence-corrected chi connectivity index (χ4v) is 4.68. The van der Waals surface area contributed by atoms with Crippen LogP contribution in [-0.2, 0) is 0 Å². The van der Waals surface area contributed by atoms with Crippen LogP contribution in [-0.4, -0.2) is 29.8 Å². The SMILES string of the molecule is CC1(C)CSCC(NC2CCCCC2C(F)(F)F)C1. The van der Waals surface area contributed by atoms with Crippen molar-refractivity contribution in [2.24, 2.45) is 11.3 Å². The number of nitrogens with one attached hydrogen (secondary N) is 1. The maximum Gasteiger partial charge on any atom is 0.393 e. The summed E-state index contributed by atoms with van der Waals surface area (Å²) < 4.78 is 39.2. The van der Waals surface area contributed by atoms with E-state index < -0.39 is 12.1 Å². The lowest BCUT2D eigenvalue weighted by Gasteiger charge is -2.40. The molecule has 0 radical (unpaired) electrons. The minimum Gasteiger partial charge on any atom is -0.310 e. The third-order valence-corrected chi connectivity index (χ3v) is 5.87. The maximum atomic E-state index is 13.1. The molecule has 1 aliphatic heterocycles. The second-order valence-electron chi connectivity index (χ2n) is 6.79. The lowest BCUT2D eigenvalue weighted by atomic mass is 9.82. The molecule has 3 atom stereocenters. The first-order chi connectivity index (χ1) is 8.78. The van der Waals surface area contributed by atoms with E-state index in [-0.39, 0.29) is 17.5 Å². The number of halogens is 3. The molecule has 2 rings (SSSR count). The number of rotatable bonds is 2. The van der Waals surface area contributed by atoms with Gasteiger partial charge in [-0.1, -0.05) is 26.7 Å². The Bertz CT molecular complexity index is 304. The Morgan fingerprint density at radius 2 is 1.84 bits per heavy atom. The van der Waals surface area contributed by atoms with Crippen molar-refractivity contribution in [3.05, 3.63) is 0 Å². The van der Waals surface area contributed by atoms with Gasteiger partial charge in [0.25, 0.3) is 0 Å². The van der Waals surface area contributed by atoms with Gasteiger partial charge in [0.15, 0.2) is 0 Å². The van der Waals surface area contributed by atoms with Crippen LogP contribution in [0.2, 0.25) is 0 Å². The fraction of sp³-hybridized carbons (Fsp3) is 1.00. The summed E-state index contributed by atoms with van der Waals surface area (Å²) in [5, 5.41) is 3.33. The largest absolute Gasteiger partial charge is 0.393 e. The average Bonchev–Trinajstić information content (AvgIpc) is 2.26. The Morgan fingerprint density at radius 3 is 2.47 bits per heavy atom. The van der Waals surface area contributed by atoms with Gasteiger partial charge in [-0.15, -0.1) is 0 Å². The molecule has 0 spiro atoms. The van der Waals surface area contributed by atoms with Gasteiger partial charge in [-0.2, -0.15) is 24.9 Å². The molecule has 1 heterocycles. The molecular formula is C14H24F3NS. The molecule has 1 nitrogen and oxygen atoms in total. The molecule has 5 heteroatoms. The van der Waals surface area contributed by atoms with E-state index in [1.807, 2.05) is 11.8 Å². The standard InChI is InChI=1S/C14H24F3NS/c1-13(2)7-10(8-19-9-13)18-12-6-4-3-5-11(12)14(15,16)17/h10-12,18H,3-9H2,1-2H3. The second kappa shape index (κ2) is 5.84. The highest BCUT2D eigenvalue weighted by Crippen LogP contribution is 2.39. The summed E-state index contributed by atoms with van der Waals surface area (Å²) in [5.41, 5.74) is 0.239. The zero-order valence-electron chi connectivity index (χ0n) is 11.7. The third kappa shape index (κ3) is 4.28. The minimum atomic E-state index is -4.05. The summed E-state index contributed by atoms with van der Waals surface area (Å²) in [6.07, 6.45) is -0.451. The van der Waals surface area contributed by atoms with Crippen molar-refractivity contribution >= 4 is 11.8 Å². The van der Waals surface area contributed by atoms with Crippen LogP contribution in [0.15, 0.2) is 0 Å². The number of hydrogen-bond donors (Lipinski definition) is 1. The number of thioether (sulfide) groups is 1. The molecule has 112 valence electrons. The quantitative estimate of drug-likeness (QED) is 0.818. The summed E-state index contributed by atoms with van der Waals surface area (Å²) in [6, 6.07) is -0.130. The Balaban J connectivity index is 1.96. The highest BCUT2D eigenvalue weighted by atomic mass is 32.2. The summed E-state index contributed by atoms with van der Waals surface area (Å²) in [7, 11) is 0. The molecule has 0 aromatic carbocycles. The third-order valence-electron chi connectivity index (χ3n) is 4.25. The monoisotopic (exact) mass is 295 g/mol. The maximum absolute atomic E-state index is 13.1. The van der Waals surface area contributed by atoms with Crippen LogP contribution in [0.25, 0.3) is 0 Å². The zero-order valence-corrected chi connectivity index (χ0v) is 12.5. The van der Waals surface area contributed by atoms with Crippen molar-refractivity contribution in [1.29, 1.82) is 0 Å². The van der Waals surface area contributed by atoms with Crippen molar-refractivity contribution in [2.75, 3.05) is 11.5 Å². The van der Waals surface area contributed by atoms with Crippen LogP contribution in [0.1, 0.15) is 46.0 Å². The predicted molar refractivity (Wildman–Crippen MR) is 74.4 cm³/mol. The summed E-state index contributed by atoms with van der Waals surface area (Å²) in [5.74, 6) is 0.916. The van der Waals surface area contributed by atoms with Gasteiger partial charge < -0.3 is 5.32 Å². The van der Waals surface area contributed by atoms with Crippen LogP contribution in [0.3, 0.4) is 0 Å². The molecule has 3 unspecified atom stereocenters. The van der Waals surface area contributed by atoms with Crippen LogP contribution >= 0.6 is 11.8 Å². The molecule has 1 N–H and O–H groups in total. The van der Waals surface area contributed by atoms with E-state index in [9.17, 15) is 13.2 Å². The summed E-state index contributed by atoms with van der Waals surface area (Å²) in [6.45, 7) is 4.41. The van der Waals surface area contributed by atoms with E-state index in [1.54, 1.807) is 0 Å². The Morgan fingerprint density at radius 1 is 1.16 bits per heavy atom. The predicted octanol–water partition coefficient (Wildman–Crippen LogP) is 4.23. The summed E-state index contributed by atoms with van der Waals surface area (Å²) in [4.78, 5) is 0. The van der Waals surface area contributed by atoms with E-state index in [2.05, 4.69) is 19.2 Å². The number of alkyl halides is 3. The fourth-order valence-electron chi connectivity index (χ4n) is 3.39. The van der Waals surface area contributed by atoms with E-state index in [0.717, 1.165) is 24.3 Å². The van der Waals surface area contributed by atoms with Gasteiger partial charge in [0.2, 0.25) is 0 Å². The molecule has 0 amide bonds. The Kier molecular flexibility index (Phi) is 4.76. The molecule has 2 fully saturated rings. The molecular weight excluding hydrogens is 271 g/mol.